The van der Waals surface area contributed by atoms with E-state index >= 15 is 0 Å². The Labute approximate surface area is 129 Å². The monoisotopic (exact) mass is 306 g/mol. The van der Waals surface area contributed by atoms with E-state index in [0.29, 0.717) is 17.8 Å². The van der Waals surface area contributed by atoms with Crippen LogP contribution >= 0.6 is 11.3 Å². The first-order chi connectivity index (χ1) is 10.4. The average molecular weight is 306 g/mol. The van der Waals surface area contributed by atoms with E-state index in [0.717, 1.165) is 23.7 Å². The Bertz CT molecular complexity index is 540. The Kier molecular flexibility index (Phi) is 4.98. The molecule has 114 valence electrons. The molecule has 1 aliphatic rings. The molecule has 2 unspecified atom stereocenters. The van der Waals surface area contributed by atoms with E-state index in [1.54, 1.807) is 11.7 Å². The Morgan fingerprint density at radius 1 is 1.38 bits per heavy atom. The third-order valence-corrected chi connectivity index (χ3v) is 4.89. The number of thiazole rings is 1. The average Bonchev–Trinajstić information content (AvgIpc) is 3.17. The van der Waals surface area contributed by atoms with Gasteiger partial charge in [-0.15, -0.1) is 11.3 Å². The van der Waals surface area contributed by atoms with Gasteiger partial charge in [-0.1, -0.05) is 24.9 Å². The van der Waals surface area contributed by atoms with Crippen LogP contribution in [0.5, 0.6) is 0 Å². The van der Waals surface area contributed by atoms with Crippen molar-refractivity contribution in [1.82, 2.24) is 20.4 Å². The molecule has 0 spiro atoms. The second-order valence-corrected chi connectivity index (χ2v) is 6.57. The minimum absolute atomic E-state index is 0.595. The van der Waals surface area contributed by atoms with E-state index in [2.05, 4.69) is 27.4 Å². The van der Waals surface area contributed by atoms with Gasteiger partial charge >= 0.3 is 0 Å². The van der Waals surface area contributed by atoms with Gasteiger partial charge in [-0.25, -0.2) is 0 Å². The molecule has 1 N–H and O–H groups in total. The maximum atomic E-state index is 5.43. The van der Waals surface area contributed by atoms with Crippen molar-refractivity contribution in [3.63, 3.8) is 0 Å². The van der Waals surface area contributed by atoms with Crippen molar-refractivity contribution in [2.75, 3.05) is 6.54 Å². The lowest BCUT2D eigenvalue weighted by Gasteiger charge is -2.31. The molecule has 1 aliphatic carbocycles. The number of hydrogen-bond donors (Lipinski definition) is 1. The molecule has 0 aliphatic heterocycles. The molecule has 0 saturated heterocycles. The summed E-state index contributed by atoms with van der Waals surface area (Å²) in [6.45, 7) is 3.31. The summed E-state index contributed by atoms with van der Waals surface area (Å²) in [7, 11) is 0. The molecule has 5 nitrogen and oxygen atoms in total. The topological polar surface area (TPSA) is 63.8 Å². The molecule has 1 fully saturated rings. The van der Waals surface area contributed by atoms with Crippen LogP contribution in [-0.4, -0.2) is 27.7 Å². The van der Waals surface area contributed by atoms with Crippen LogP contribution < -0.4 is 5.32 Å². The number of rotatable bonds is 6. The molecule has 2 heterocycles. The summed E-state index contributed by atoms with van der Waals surface area (Å²) in [5, 5.41) is 7.75. The SMILES string of the molecule is CCCNC1CCCCC1Cc1nc(-c2cncs2)no1. The van der Waals surface area contributed by atoms with E-state index < -0.39 is 0 Å². The zero-order chi connectivity index (χ0) is 14.5. The summed E-state index contributed by atoms with van der Waals surface area (Å²) in [5.74, 6) is 2.04. The van der Waals surface area contributed by atoms with E-state index in [4.69, 9.17) is 4.52 Å². The number of nitrogens with one attached hydrogen (secondary N) is 1. The molecule has 2 aromatic rings. The van der Waals surface area contributed by atoms with Crippen LogP contribution in [0, 0.1) is 5.92 Å². The largest absolute Gasteiger partial charge is 0.339 e. The van der Waals surface area contributed by atoms with Gasteiger partial charge in [-0.05, 0) is 31.7 Å². The fourth-order valence-electron chi connectivity index (χ4n) is 3.04. The Morgan fingerprint density at radius 2 is 2.29 bits per heavy atom. The highest BCUT2D eigenvalue weighted by molar-refractivity contribution is 7.13. The van der Waals surface area contributed by atoms with Crippen molar-refractivity contribution in [2.24, 2.45) is 5.92 Å². The van der Waals surface area contributed by atoms with E-state index in [1.807, 2.05) is 0 Å². The lowest BCUT2D eigenvalue weighted by Crippen LogP contribution is -2.39. The van der Waals surface area contributed by atoms with E-state index in [-0.39, 0.29) is 0 Å². The van der Waals surface area contributed by atoms with Crippen molar-refractivity contribution in [1.29, 1.82) is 0 Å². The van der Waals surface area contributed by atoms with Crippen LogP contribution in [0.1, 0.15) is 44.9 Å². The van der Waals surface area contributed by atoms with Crippen LogP contribution in [0.4, 0.5) is 0 Å². The summed E-state index contributed by atoms with van der Waals surface area (Å²) in [4.78, 5) is 9.55. The first kappa shape index (κ1) is 14.7. The first-order valence-corrected chi connectivity index (χ1v) is 8.69. The molecule has 0 bridgehead atoms. The van der Waals surface area contributed by atoms with Crippen LogP contribution in [0.15, 0.2) is 16.2 Å². The fourth-order valence-corrected chi connectivity index (χ4v) is 3.58. The summed E-state index contributed by atoms with van der Waals surface area (Å²) in [6.07, 6.45) is 9.00. The van der Waals surface area contributed by atoms with Gasteiger partial charge in [-0.3, -0.25) is 4.98 Å². The first-order valence-electron chi connectivity index (χ1n) is 7.81. The molecule has 0 aromatic carbocycles. The Morgan fingerprint density at radius 3 is 3.10 bits per heavy atom. The summed E-state index contributed by atoms with van der Waals surface area (Å²) in [5.41, 5.74) is 1.79. The van der Waals surface area contributed by atoms with Crippen LogP contribution in [0.25, 0.3) is 10.7 Å². The predicted molar refractivity (Wildman–Crippen MR) is 83.1 cm³/mol. The van der Waals surface area contributed by atoms with Gasteiger partial charge in [0.15, 0.2) is 0 Å². The normalized spacial score (nSPS) is 22.5. The number of nitrogens with zero attached hydrogens (tertiary/aromatic N) is 3. The molecule has 1 saturated carbocycles. The summed E-state index contributed by atoms with van der Waals surface area (Å²) < 4.78 is 5.43. The predicted octanol–water partition coefficient (Wildman–Crippen LogP) is 3.29. The van der Waals surface area contributed by atoms with Crippen LogP contribution in [0.2, 0.25) is 0 Å². The Balaban J connectivity index is 1.64. The molecule has 2 atom stereocenters. The summed E-state index contributed by atoms with van der Waals surface area (Å²) in [6, 6.07) is 0.595. The molecule has 21 heavy (non-hydrogen) atoms. The molecule has 2 aromatic heterocycles. The minimum Gasteiger partial charge on any atom is -0.339 e. The van der Waals surface area contributed by atoms with Gasteiger partial charge < -0.3 is 9.84 Å². The van der Waals surface area contributed by atoms with Gasteiger partial charge in [0.1, 0.15) is 0 Å². The lowest BCUT2D eigenvalue weighted by molar-refractivity contribution is 0.240. The standard InChI is InChI=1S/C15H22N4OS/c1-2-7-17-12-6-4-3-5-11(12)8-14-18-15(19-20-14)13-9-16-10-21-13/h9-12,17H,2-8H2,1H3. The van der Waals surface area contributed by atoms with Gasteiger partial charge in [0.25, 0.3) is 0 Å². The van der Waals surface area contributed by atoms with Crippen molar-refractivity contribution in [2.45, 2.75) is 51.5 Å². The smallest absolute Gasteiger partial charge is 0.227 e. The minimum atomic E-state index is 0.595. The van der Waals surface area contributed by atoms with Gasteiger partial charge in [0.2, 0.25) is 11.7 Å². The summed E-state index contributed by atoms with van der Waals surface area (Å²) >= 11 is 1.54. The highest BCUT2D eigenvalue weighted by Gasteiger charge is 2.26. The second-order valence-electron chi connectivity index (χ2n) is 5.69. The van der Waals surface area contributed by atoms with Crippen LogP contribution in [0.3, 0.4) is 0 Å². The van der Waals surface area contributed by atoms with Crippen molar-refractivity contribution >= 4 is 11.3 Å². The maximum Gasteiger partial charge on any atom is 0.227 e. The van der Waals surface area contributed by atoms with Crippen molar-refractivity contribution in [3.8, 4) is 10.7 Å². The zero-order valence-electron chi connectivity index (χ0n) is 12.4. The fraction of sp³-hybridized carbons (Fsp3) is 0.667. The van der Waals surface area contributed by atoms with Gasteiger partial charge in [0, 0.05) is 18.7 Å². The lowest BCUT2D eigenvalue weighted by atomic mass is 9.82. The quantitative estimate of drug-likeness (QED) is 0.887. The zero-order valence-corrected chi connectivity index (χ0v) is 13.2. The van der Waals surface area contributed by atoms with Crippen molar-refractivity contribution in [3.05, 3.63) is 17.6 Å². The molecule has 6 heteroatoms. The third-order valence-electron chi connectivity index (χ3n) is 4.12. The molecule has 3 rings (SSSR count). The van der Waals surface area contributed by atoms with Crippen LogP contribution in [-0.2, 0) is 6.42 Å². The highest BCUT2D eigenvalue weighted by Crippen LogP contribution is 2.28. The van der Waals surface area contributed by atoms with Crippen molar-refractivity contribution < 1.29 is 4.52 Å². The molecular weight excluding hydrogens is 284 g/mol. The number of aromatic nitrogens is 3. The second kappa shape index (κ2) is 7.13. The van der Waals surface area contributed by atoms with E-state index in [1.165, 1.54) is 43.4 Å². The maximum absolute atomic E-state index is 5.43. The van der Waals surface area contributed by atoms with Gasteiger partial charge in [0.05, 0.1) is 10.4 Å². The molecule has 0 amide bonds. The highest BCUT2D eigenvalue weighted by atomic mass is 32.1. The molecular formula is C15H22N4OS. The van der Waals surface area contributed by atoms with Gasteiger partial charge in [-0.2, -0.15) is 4.98 Å². The number of hydrogen-bond acceptors (Lipinski definition) is 6. The third kappa shape index (κ3) is 3.68. The molecule has 0 radical (unpaired) electrons. The Hall–Kier alpha value is -1.27. The van der Waals surface area contributed by atoms with E-state index in [9.17, 15) is 0 Å².